The summed E-state index contributed by atoms with van der Waals surface area (Å²) >= 11 is 0. The van der Waals surface area contributed by atoms with Crippen LogP contribution < -0.4 is 0 Å². The topological polar surface area (TPSA) is 25.8 Å². The molecule has 2 aromatic rings. The predicted molar refractivity (Wildman–Crippen MR) is 61.5 cm³/mol. The summed E-state index contributed by atoms with van der Waals surface area (Å²) in [6.45, 7) is 4.05. The van der Waals surface area contributed by atoms with Gasteiger partial charge in [-0.05, 0) is 6.07 Å². The van der Waals surface area contributed by atoms with E-state index in [0.29, 0.717) is 11.1 Å². The average Bonchev–Trinajstić information content (AvgIpc) is 2.30. The standard InChI is InChI=1S/C13H13FN2/c1-9(2)13-15-7-10(8-16-13)11-5-3-4-6-12(11)14/h3-9H,1-2H3. The normalized spacial score (nSPS) is 10.8. The van der Waals surface area contributed by atoms with Crippen molar-refractivity contribution in [2.75, 3.05) is 0 Å². The molecule has 2 rings (SSSR count). The maximum atomic E-state index is 13.5. The highest BCUT2D eigenvalue weighted by molar-refractivity contribution is 5.61. The van der Waals surface area contributed by atoms with Crippen molar-refractivity contribution in [3.05, 3.63) is 48.3 Å². The molecule has 0 saturated carbocycles. The lowest BCUT2D eigenvalue weighted by Gasteiger charge is -2.05. The second-order valence-corrected chi connectivity index (χ2v) is 3.96. The highest BCUT2D eigenvalue weighted by Gasteiger charge is 2.06. The minimum absolute atomic E-state index is 0.247. The summed E-state index contributed by atoms with van der Waals surface area (Å²) in [5.41, 5.74) is 1.25. The Kier molecular flexibility index (Phi) is 2.95. The lowest BCUT2D eigenvalue weighted by atomic mass is 10.1. The summed E-state index contributed by atoms with van der Waals surface area (Å²) in [5.74, 6) is 0.818. The number of hydrogen-bond donors (Lipinski definition) is 0. The zero-order valence-electron chi connectivity index (χ0n) is 9.31. The minimum atomic E-state index is -0.247. The number of aromatic nitrogens is 2. The van der Waals surface area contributed by atoms with Gasteiger partial charge in [-0.15, -0.1) is 0 Å². The van der Waals surface area contributed by atoms with Gasteiger partial charge in [-0.1, -0.05) is 32.0 Å². The van der Waals surface area contributed by atoms with Gasteiger partial charge in [0.1, 0.15) is 11.6 Å². The third-order valence-corrected chi connectivity index (χ3v) is 2.37. The molecule has 0 aliphatic carbocycles. The van der Waals surface area contributed by atoms with Crippen LogP contribution in [-0.4, -0.2) is 9.97 Å². The summed E-state index contributed by atoms with van der Waals surface area (Å²) in [4.78, 5) is 8.44. The summed E-state index contributed by atoms with van der Waals surface area (Å²) in [7, 11) is 0. The Labute approximate surface area is 94.2 Å². The molecule has 0 spiro atoms. The summed E-state index contributed by atoms with van der Waals surface area (Å²) in [6.07, 6.45) is 3.33. The van der Waals surface area contributed by atoms with Gasteiger partial charge in [0, 0.05) is 29.4 Å². The summed E-state index contributed by atoms with van der Waals surface area (Å²) in [5, 5.41) is 0. The SMILES string of the molecule is CC(C)c1ncc(-c2ccccc2F)cn1. The van der Waals surface area contributed by atoms with Crippen LogP contribution in [0, 0.1) is 5.82 Å². The quantitative estimate of drug-likeness (QED) is 0.768. The lowest BCUT2D eigenvalue weighted by molar-refractivity contribution is 0.631. The predicted octanol–water partition coefficient (Wildman–Crippen LogP) is 3.41. The van der Waals surface area contributed by atoms with Crippen LogP contribution in [0.5, 0.6) is 0 Å². The fourth-order valence-electron chi connectivity index (χ4n) is 1.47. The van der Waals surface area contributed by atoms with Crippen molar-refractivity contribution >= 4 is 0 Å². The molecule has 1 heterocycles. The van der Waals surface area contributed by atoms with Crippen LogP contribution in [0.1, 0.15) is 25.6 Å². The van der Waals surface area contributed by atoms with Crippen LogP contribution in [0.4, 0.5) is 4.39 Å². The molecule has 0 unspecified atom stereocenters. The largest absolute Gasteiger partial charge is 0.240 e. The van der Waals surface area contributed by atoms with Gasteiger partial charge in [0.05, 0.1) is 0 Å². The van der Waals surface area contributed by atoms with Gasteiger partial charge >= 0.3 is 0 Å². The van der Waals surface area contributed by atoms with E-state index in [1.54, 1.807) is 30.6 Å². The van der Waals surface area contributed by atoms with Crippen LogP contribution in [0.15, 0.2) is 36.7 Å². The van der Waals surface area contributed by atoms with E-state index in [1.165, 1.54) is 6.07 Å². The maximum absolute atomic E-state index is 13.5. The van der Waals surface area contributed by atoms with Gasteiger partial charge < -0.3 is 0 Å². The molecule has 0 radical (unpaired) electrons. The monoisotopic (exact) mass is 216 g/mol. The number of hydrogen-bond acceptors (Lipinski definition) is 2. The number of rotatable bonds is 2. The fraction of sp³-hybridized carbons (Fsp3) is 0.231. The molecule has 16 heavy (non-hydrogen) atoms. The first-order valence-corrected chi connectivity index (χ1v) is 5.25. The Bertz CT molecular complexity index is 478. The summed E-state index contributed by atoms with van der Waals surface area (Å²) in [6, 6.07) is 6.63. The molecular weight excluding hydrogens is 203 g/mol. The first-order valence-electron chi connectivity index (χ1n) is 5.25. The molecule has 0 bridgehead atoms. The second-order valence-electron chi connectivity index (χ2n) is 3.96. The van der Waals surface area contributed by atoms with E-state index in [1.807, 2.05) is 13.8 Å². The van der Waals surface area contributed by atoms with Gasteiger partial charge in [-0.2, -0.15) is 0 Å². The number of nitrogens with zero attached hydrogens (tertiary/aromatic N) is 2. The van der Waals surface area contributed by atoms with E-state index in [2.05, 4.69) is 9.97 Å². The van der Waals surface area contributed by atoms with Crippen molar-refractivity contribution in [3.63, 3.8) is 0 Å². The zero-order valence-corrected chi connectivity index (χ0v) is 9.31. The maximum Gasteiger partial charge on any atom is 0.131 e. The lowest BCUT2D eigenvalue weighted by Crippen LogP contribution is -1.97. The fourth-order valence-corrected chi connectivity index (χ4v) is 1.47. The molecule has 0 aliphatic heterocycles. The average molecular weight is 216 g/mol. The molecule has 1 aromatic carbocycles. The Morgan fingerprint density at radius 2 is 1.69 bits per heavy atom. The first-order chi connectivity index (χ1) is 7.68. The van der Waals surface area contributed by atoms with E-state index < -0.39 is 0 Å². The van der Waals surface area contributed by atoms with Crippen molar-refractivity contribution in [2.45, 2.75) is 19.8 Å². The van der Waals surface area contributed by atoms with Crippen LogP contribution in [0.3, 0.4) is 0 Å². The molecule has 2 nitrogen and oxygen atoms in total. The van der Waals surface area contributed by atoms with Gasteiger partial charge in [-0.3, -0.25) is 0 Å². The Morgan fingerprint density at radius 1 is 1.06 bits per heavy atom. The third kappa shape index (κ3) is 2.08. The first kappa shape index (κ1) is 10.7. The van der Waals surface area contributed by atoms with Crippen molar-refractivity contribution in [2.24, 2.45) is 0 Å². The van der Waals surface area contributed by atoms with Crippen molar-refractivity contribution in [1.29, 1.82) is 0 Å². The highest BCUT2D eigenvalue weighted by atomic mass is 19.1. The van der Waals surface area contributed by atoms with E-state index in [4.69, 9.17) is 0 Å². The van der Waals surface area contributed by atoms with E-state index in [9.17, 15) is 4.39 Å². The van der Waals surface area contributed by atoms with Gasteiger partial charge in [-0.25, -0.2) is 14.4 Å². The minimum Gasteiger partial charge on any atom is -0.240 e. The van der Waals surface area contributed by atoms with Gasteiger partial charge in [0.25, 0.3) is 0 Å². The van der Waals surface area contributed by atoms with E-state index >= 15 is 0 Å². The molecule has 0 amide bonds. The molecule has 0 aliphatic rings. The van der Waals surface area contributed by atoms with Crippen LogP contribution >= 0.6 is 0 Å². The van der Waals surface area contributed by atoms with Crippen molar-refractivity contribution < 1.29 is 4.39 Å². The third-order valence-electron chi connectivity index (χ3n) is 2.37. The Hall–Kier alpha value is -1.77. The van der Waals surface area contributed by atoms with Crippen LogP contribution in [0.25, 0.3) is 11.1 Å². The Morgan fingerprint density at radius 3 is 2.25 bits per heavy atom. The second kappa shape index (κ2) is 4.39. The molecule has 1 aromatic heterocycles. The van der Waals surface area contributed by atoms with Crippen LogP contribution in [0.2, 0.25) is 0 Å². The molecular formula is C13H13FN2. The smallest absolute Gasteiger partial charge is 0.131 e. The molecule has 0 fully saturated rings. The number of benzene rings is 1. The van der Waals surface area contributed by atoms with E-state index in [0.717, 1.165) is 5.82 Å². The molecule has 3 heteroatoms. The Balaban J connectivity index is 2.39. The van der Waals surface area contributed by atoms with Crippen LogP contribution in [-0.2, 0) is 0 Å². The molecule has 82 valence electrons. The van der Waals surface area contributed by atoms with Crippen molar-refractivity contribution in [1.82, 2.24) is 9.97 Å². The molecule has 0 atom stereocenters. The van der Waals surface area contributed by atoms with E-state index in [-0.39, 0.29) is 11.7 Å². The molecule has 0 saturated heterocycles. The molecule has 0 N–H and O–H groups in total. The summed E-state index contributed by atoms with van der Waals surface area (Å²) < 4.78 is 13.5. The van der Waals surface area contributed by atoms with Gasteiger partial charge in [0.2, 0.25) is 0 Å². The van der Waals surface area contributed by atoms with Crippen molar-refractivity contribution in [3.8, 4) is 11.1 Å². The highest BCUT2D eigenvalue weighted by Crippen LogP contribution is 2.21. The number of halogens is 1. The zero-order chi connectivity index (χ0) is 11.5. The van der Waals surface area contributed by atoms with Gasteiger partial charge in [0.15, 0.2) is 0 Å².